The van der Waals surface area contributed by atoms with Crippen molar-refractivity contribution in [2.75, 3.05) is 37.7 Å². The first kappa shape index (κ1) is 63.5. The van der Waals surface area contributed by atoms with Crippen molar-refractivity contribution < 1.29 is 91.2 Å². The molecule has 1 saturated heterocycles. The van der Waals surface area contributed by atoms with Gasteiger partial charge in [0.25, 0.3) is 40.5 Å². The number of urea groups is 1. The van der Waals surface area contributed by atoms with Crippen LogP contribution in [-0.4, -0.2) is 163 Å². The molecule has 7 rings (SSSR count). The Bertz CT molecular complexity index is 3810. The Morgan fingerprint density at radius 3 is 1.89 bits per heavy atom. The first-order chi connectivity index (χ1) is 38.2. The van der Waals surface area contributed by atoms with E-state index in [0.29, 0.717) is 71.1 Å². The SMILES string of the molecule is CCN1/C(=C/C=C/C=C/C2=[N+](CCCCCC(=O)NCCCCN(N=O)C(=O)N[C@@H]3[C@@H](O)[C@H](O)[C@@H](CO)O[C@H]3O)c3cc(S(=O)(=O)O)c4ccc(S(=O)(=O)O)cc4c3C2(C)C)C(C)(C)c2c1cc(S(=O)(=O)O)c1ccc(S(=O)(=O)O)cc21. The molecule has 0 radical (unpaired) electrons. The van der Waals surface area contributed by atoms with Gasteiger partial charge in [0.2, 0.25) is 11.6 Å². The fraction of sp³-hybridized carbons (Fsp3) is 0.442. The second-order valence-electron chi connectivity index (χ2n) is 21.0. The Balaban J connectivity index is 1.09. The highest BCUT2D eigenvalue weighted by Gasteiger charge is 2.48. The summed E-state index contributed by atoms with van der Waals surface area (Å²) in [6.45, 7) is 8.91. The van der Waals surface area contributed by atoms with Crippen molar-refractivity contribution in [3.8, 4) is 0 Å². The molecule has 26 nitrogen and oxygen atoms in total. The lowest BCUT2D eigenvalue weighted by atomic mass is 9.79. The molecule has 10 N–H and O–H groups in total. The van der Waals surface area contributed by atoms with Crippen LogP contribution in [-0.2, 0) is 60.8 Å². The number of amides is 3. The maximum atomic E-state index is 13.0. The number of aliphatic hydroxyl groups excluding tert-OH is 4. The number of rotatable bonds is 22. The lowest BCUT2D eigenvalue weighted by Gasteiger charge is -2.40. The van der Waals surface area contributed by atoms with E-state index in [1.165, 1.54) is 24.3 Å². The maximum Gasteiger partial charge on any atom is 0.340 e. The third kappa shape index (κ3) is 13.0. The minimum atomic E-state index is -4.94. The molecule has 3 aliphatic rings. The highest BCUT2D eigenvalue weighted by atomic mass is 32.2. The highest BCUT2D eigenvalue weighted by molar-refractivity contribution is 7.86. The summed E-state index contributed by atoms with van der Waals surface area (Å²) in [7, 11) is -19.3. The van der Waals surface area contributed by atoms with Gasteiger partial charge in [0.15, 0.2) is 12.0 Å². The number of hydrogen-bond donors (Lipinski definition) is 10. The van der Waals surface area contributed by atoms with Crippen molar-refractivity contribution >= 4 is 91.0 Å². The number of carbonyl (C=O) groups is 2. The van der Waals surface area contributed by atoms with E-state index in [-0.39, 0.29) is 59.9 Å². The lowest BCUT2D eigenvalue weighted by molar-refractivity contribution is -0.438. The third-order valence-electron chi connectivity index (χ3n) is 14.9. The molecule has 3 heterocycles. The van der Waals surface area contributed by atoms with Gasteiger partial charge in [-0.15, -0.1) is 4.91 Å². The van der Waals surface area contributed by atoms with Crippen molar-refractivity contribution in [2.24, 2.45) is 5.29 Å². The van der Waals surface area contributed by atoms with Crippen LogP contribution < -0.4 is 15.5 Å². The van der Waals surface area contributed by atoms with Crippen LogP contribution in [0.1, 0.15) is 84.3 Å². The van der Waals surface area contributed by atoms with Gasteiger partial charge in [-0.2, -0.15) is 43.3 Å². The first-order valence-corrected chi connectivity index (χ1v) is 31.5. The largest absolute Gasteiger partial charge is 0.394 e. The standard InChI is InChI=1S/C52H64N6O20S4/c1-6-56-36-27-39(81(72,73)74)32-20-18-30(79(66,67)68)25-34(32)44(36)51(2,3)41(56)15-9-7-10-16-42-52(4,5)45-35-26-31(80(69,70)71)19-21-33(35)40(82(75,76)77)28-37(45)57(42)23-13-8-11-17-43(60)53-22-12-14-24-58(55-65)50(64)54-46-48(62)47(61)38(29-59)78-49(46)63/h7,9-10,15-16,18-21,25-28,38,46-49,59,61-63H,6,8,11-14,17,22-24,29H2,1-5H3,(H5-,53,54,60,64,66,67,68,69,70,71,72,73,74,75,76,77)/p+1/t38-,46-,47-,48-,49-/m1/s1. The van der Waals surface area contributed by atoms with Crippen molar-refractivity contribution in [3.63, 3.8) is 0 Å². The zero-order chi connectivity index (χ0) is 60.7. The van der Waals surface area contributed by atoms with Crippen LogP contribution >= 0.6 is 0 Å². The smallest absolute Gasteiger partial charge is 0.340 e. The van der Waals surface area contributed by atoms with Crippen LogP contribution in [0.25, 0.3) is 21.5 Å². The van der Waals surface area contributed by atoms with Crippen molar-refractivity contribution in [2.45, 2.75) is 134 Å². The van der Waals surface area contributed by atoms with E-state index in [4.69, 9.17) is 4.74 Å². The first-order valence-electron chi connectivity index (χ1n) is 25.8. The second-order valence-corrected chi connectivity index (χ2v) is 26.6. The molecular formula is C52H65N6O20S4+. The molecule has 0 unspecified atom stereocenters. The van der Waals surface area contributed by atoms with E-state index in [1.807, 2.05) is 44.1 Å². The summed E-state index contributed by atoms with van der Waals surface area (Å²) in [5.41, 5.74) is 1.00. The zero-order valence-electron chi connectivity index (χ0n) is 45.1. The topological polar surface area (TPSA) is 405 Å². The highest BCUT2D eigenvalue weighted by Crippen LogP contribution is 2.53. The van der Waals surface area contributed by atoms with E-state index < -0.39 is 114 Å². The summed E-state index contributed by atoms with van der Waals surface area (Å²) in [4.78, 5) is 36.8. The average molecular weight is 1220 g/mol. The number of likely N-dealkylation sites (N-methyl/N-ethyl adjacent to an activating group) is 1. The minimum Gasteiger partial charge on any atom is -0.394 e. The second kappa shape index (κ2) is 24.2. The minimum absolute atomic E-state index is 0.00891. The molecular weight excluding hydrogens is 1160 g/mol. The van der Waals surface area contributed by atoms with Gasteiger partial charge in [0, 0.05) is 77.8 Å². The van der Waals surface area contributed by atoms with Gasteiger partial charge in [-0.05, 0) is 99.2 Å². The summed E-state index contributed by atoms with van der Waals surface area (Å²) >= 11 is 0. The van der Waals surface area contributed by atoms with E-state index in [2.05, 4.69) is 15.9 Å². The molecule has 1 fully saturated rings. The van der Waals surface area contributed by atoms with E-state index in [9.17, 15) is 86.8 Å². The number of benzene rings is 4. The molecule has 30 heteroatoms. The van der Waals surface area contributed by atoms with Gasteiger partial charge in [-0.1, -0.05) is 44.2 Å². The number of allylic oxidation sites excluding steroid dienone is 6. The van der Waals surface area contributed by atoms with Gasteiger partial charge in [-0.3, -0.25) is 23.0 Å². The van der Waals surface area contributed by atoms with Crippen LogP contribution in [0.15, 0.2) is 109 Å². The molecule has 446 valence electrons. The van der Waals surface area contributed by atoms with Crippen molar-refractivity contribution in [3.05, 3.63) is 101 Å². The van der Waals surface area contributed by atoms with E-state index in [1.54, 1.807) is 30.4 Å². The number of ether oxygens (including phenoxy) is 1. The number of carbonyl (C=O) groups excluding carboxylic acids is 2. The Labute approximate surface area is 473 Å². The number of nitroso groups, excluding NO2 is 1. The molecule has 0 aliphatic carbocycles. The molecule has 0 bridgehead atoms. The number of unbranched alkanes of at least 4 members (excludes halogenated alkanes) is 3. The van der Waals surface area contributed by atoms with Crippen LogP contribution in [0.4, 0.5) is 16.2 Å². The third-order valence-corrected chi connectivity index (χ3v) is 18.4. The van der Waals surface area contributed by atoms with Gasteiger partial charge in [-0.25, -0.2) is 4.79 Å². The predicted octanol–water partition coefficient (Wildman–Crippen LogP) is 4.12. The van der Waals surface area contributed by atoms with Gasteiger partial charge < -0.3 is 40.7 Å². The summed E-state index contributed by atoms with van der Waals surface area (Å²) in [5.74, 6) is -0.305. The van der Waals surface area contributed by atoms with Crippen LogP contribution in [0.3, 0.4) is 0 Å². The number of nitrogens with one attached hydrogen (secondary N) is 2. The quantitative estimate of drug-likeness (QED) is 0.0132. The van der Waals surface area contributed by atoms with Crippen molar-refractivity contribution in [1.82, 2.24) is 15.6 Å². The molecule has 0 spiro atoms. The lowest BCUT2D eigenvalue weighted by Crippen LogP contribution is -2.65. The summed E-state index contributed by atoms with van der Waals surface area (Å²) in [6, 6.07) is 6.71. The Morgan fingerprint density at radius 1 is 0.732 bits per heavy atom. The summed E-state index contributed by atoms with van der Waals surface area (Å²) < 4.78 is 148. The van der Waals surface area contributed by atoms with Gasteiger partial charge >= 0.3 is 6.03 Å². The number of aliphatic hydroxyl groups is 4. The van der Waals surface area contributed by atoms with Crippen LogP contribution in [0, 0.1) is 4.91 Å². The molecule has 0 saturated carbocycles. The van der Waals surface area contributed by atoms with Gasteiger partial charge in [0.1, 0.15) is 40.7 Å². The van der Waals surface area contributed by atoms with E-state index >= 15 is 0 Å². The number of anilines is 1. The number of nitrogens with zero attached hydrogens (tertiary/aromatic N) is 4. The zero-order valence-corrected chi connectivity index (χ0v) is 48.3. The Kier molecular flexibility index (Phi) is 18.7. The maximum absolute atomic E-state index is 13.0. The molecule has 5 atom stereocenters. The normalized spacial score (nSPS) is 21.5. The summed E-state index contributed by atoms with van der Waals surface area (Å²) in [5, 5.41) is 48.2. The average Bonchev–Trinajstić information content (AvgIpc) is 1.75. The van der Waals surface area contributed by atoms with Crippen LogP contribution in [0.5, 0.6) is 0 Å². The summed E-state index contributed by atoms with van der Waals surface area (Å²) in [6.07, 6.45) is 4.00. The molecule has 0 aromatic heterocycles. The van der Waals surface area contributed by atoms with Crippen LogP contribution in [0.2, 0.25) is 0 Å². The van der Waals surface area contributed by atoms with E-state index in [0.717, 1.165) is 24.3 Å². The Hall–Kier alpha value is -6.13. The Morgan fingerprint density at radius 2 is 1.33 bits per heavy atom. The molecule has 82 heavy (non-hydrogen) atoms. The number of fused-ring (bicyclic) bond motifs is 6. The molecule has 3 aliphatic heterocycles. The van der Waals surface area contributed by atoms with Gasteiger partial charge in [0.05, 0.1) is 27.1 Å². The molecule has 3 amide bonds. The molecule has 4 aromatic rings. The monoisotopic (exact) mass is 1220 g/mol. The number of hydrogen-bond acceptors (Lipinski definition) is 18. The fourth-order valence-electron chi connectivity index (χ4n) is 11.0. The predicted molar refractivity (Wildman–Crippen MR) is 298 cm³/mol. The fourth-order valence-corrected chi connectivity index (χ4v) is 13.5. The van der Waals surface area contributed by atoms with Crippen molar-refractivity contribution in [1.29, 1.82) is 0 Å². The molecule has 4 aromatic carbocycles.